The second kappa shape index (κ2) is 10.7. The highest BCUT2D eigenvalue weighted by atomic mass is 19.1. The molecule has 1 aliphatic rings. The van der Waals surface area contributed by atoms with Crippen molar-refractivity contribution < 1.29 is 28.7 Å². The summed E-state index contributed by atoms with van der Waals surface area (Å²) in [6.45, 7) is 5.73. The van der Waals surface area contributed by atoms with Crippen LogP contribution in [0.2, 0.25) is 0 Å². The maximum Gasteiger partial charge on any atom is 0.407 e. The zero-order chi connectivity index (χ0) is 28.5. The first-order valence-corrected chi connectivity index (χ1v) is 12.3. The number of carbonyl (C=O) groups excluding carboxylic acids is 1. The number of anilines is 1. The van der Waals surface area contributed by atoms with Gasteiger partial charge < -0.3 is 30.2 Å². The Labute approximate surface area is 223 Å². The molecule has 0 aliphatic carbocycles. The smallest absolute Gasteiger partial charge is 0.407 e. The van der Waals surface area contributed by atoms with Crippen LogP contribution in [0.5, 0.6) is 0 Å². The second-order valence-electron chi connectivity index (χ2n) is 10.3. The van der Waals surface area contributed by atoms with Crippen LogP contribution in [0.25, 0.3) is 11.1 Å². The summed E-state index contributed by atoms with van der Waals surface area (Å²) in [6.07, 6.45) is 3.67. The number of nitro groups is 1. The summed E-state index contributed by atoms with van der Waals surface area (Å²) in [5.41, 5.74) is 1.39. The van der Waals surface area contributed by atoms with Crippen molar-refractivity contribution in [1.82, 2.24) is 20.1 Å². The lowest BCUT2D eigenvalue weighted by molar-refractivity contribution is -0.388. The van der Waals surface area contributed by atoms with Crippen molar-refractivity contribution in [3.63, 3.8) is 0 Å². The van der Waals surface area contributed by atoms with E-state index in [9.17, 15) is 29.2 Å². The monoisotopic (exact) mass is 540 g/mol. The number of carboxylic acid groups (broad SMARTS) is 1. The van der Waals surface area contributed by atoms with Crippen LogP contribution in [0.3, 0.4) is 0 Å². The fraction of sp³-hybridized carbons (Fsp3) is 0.385. The van der Waals surface area contributed by atoms with Crippen molar-refractivity contribution >= 4 is 23.6 Å². The highest BCUT2D eigenvalue weighted by molar-refractivity contribution is 5.88. The predicted octanol–water partition coefficient (Wildman–Crippen LogP) is 4.59. The number of benzene rings is 1. The first kappa shape index (κ1) is 27.5. The molecular formula is C26H29FN6O6. The molecule has 206 valence electrons. The molecule has 39 heavy (non-hydrogen) atoms. The molecule has 0 spiro atoms. The minimum absolute atomic E-state index is 0.0466. The average Bonchev–Trinajstić information content (AvgIpc) is 3.47. The number of nitrogens with one attached hydrogen (secondary N) is 1. The van der Waals surface area contributed by atoms with Crippen molar-refractivity contribution in [3.8, 4) is 11.1 Å². The number of amides is 1. The Hall–Kier alpha value is -4.55. The lowest BCUT2D eigenvalue weighted by atomic mass is 10.0. The molecule has 1 atom stereocenters. The van der Waals surface area contributed by atoms with E-state index in [1.807, 2.05) is 0 Å². The summed E-state index contributed by atoms with van der Waals surface area (Å²) in [7, 11) is 1.71. The van der Waals surface area contributed by atoms with Crippen molar-refractivity contribution in [2.24, 2.45) is 7.05 Å². The molecule has 13 heteroatoms. The summed E-state index contributed by atoms with van der Waals surface area (Å²) < 4.78 is 21.1. The van der Waals surface area contributed by atoms with E-state index in [2.05, 4.69) is 15.4 Å². The summed E-state index contributed by atoms with van der Waals surface area (Å²) in [5.74, 6) is -2.34. The number of rotatable bonds is 7. The lowest BCUT2D eigenvalue weighted by Gasteiger charge is -2.27. The van der Waals surface area contributed by atoms with Crippen LogP contribution in [-0.2, 0) is 18.3 Å². The van der Waals surface area contributed by atoms with Crippen molar-refractivity contribution in [3.05, 3.63) is 69.4 Å². The zero-order valence-electron chi connectivity index (χ0n) is 22.0. The van der Waals surface area contributed by atoms with E-state index < -0.39 is 34.4 Å². The van der Waals surface area contributed by atoms with E-state index in [1.165, 1.54) is 18.3 Å². The van der Waals surface area contributed by atoms with Gasteiger partial charge in [0.2, 0.25) is 0 Å². The SMILES string of the molecule is Cn1cc(-c2cnc([N+](=O)[O-])c(N3CCC[C@@H]3c3cc(F)cc(C(=O)O)c3)c2)c(CNC(=O)OC(C)(C)C)n1. The Balaban J connectivity index is 1.71. The number of hydrogen-bond donors (Lipinski definition) is 2. The largest absolute Gasteiger partial charge is 0.478 e. The van der Waals surface area contributed by atoms with E-state index >= 15 is 0 Å². The number of hydrogen-bond acceptors (Lipinski definition) is 8. The molecule has 1 aromatic carbocycles. The number of aromatic carboxylic acids is 1. The molecule has 2 N–H and O–H groups in total. The van der Waals surface area contributed by atoms with Gasteiger partial charge in [-0.2, -0.15) is 5.10 Å². The van der Waals surface area contributed by atoms with Crippen molar-refractivity contribution in [1.29, 1.82) is 0 Å². The molecule has 0 radical (unpaired) electrons. The fourth-order valence-electron chi connectivity index (χ4n) is 4.65. The van der Waals surface area contributed by atoms with E-state index in [0.29, 0.717) is 41.8 Å². The predicted molar refractivity (Wildman–Crippen MR) is 139 cm³/mol. The molecule has 1 aliphatic heterocycles. The standard InChI is InChI=1S/C26H29FN6O6/c1-26(2,3)39-25(36)29-13-20-19(14-31(4)30-20)17-11-22(23(28-12-17)33(37)38)32-7-5-6-21(32)15-8-16(24(34)35)10-18(27)9-15/h8-12,14,21H,5-7,13H2,1-4H3,(H,29,36)(H,34,35)/t21-/m1/s1. The van der Waals surface area contributed by atoms with Gasteiger partial charge in [0.15, 0.2) is 0 Å². The summed E-state index contributed by atoms with van der Waals surface area (Å²) in [5, 5.41) is 28.4. The van der Waals surface area contributed by atoms with E-state index in [-0.39, 0.29) is 23.6 Å². The minimum atomic E-state index is -1.26. The number of carbonyl (C=O) groups is 2. The maximum absolute atomic E-state index is 14.3. The zero-order valence-corrected chi connectivity index (χ0v) is 22.0. The molecule has 2 aromatic heterocycles. The number of halogens is 1. The van der Waals surface area contributed by atoms with Gasteiger partial charge in [0, 0.05) is 30.9 Å². The van der Waals surface area contributed by atoms with Gasteiger partial charge in [-0.05, 0) is 73.3 Å². The first-order valence-electron chi connectivity index (χ1n) is 12.3. The molecule has 1 saturated heterocycles. The summed E-state index contributed by atoms with van der Waals surface area (Å²) in [4.78, 5) is 40.9. The topological polar surface area (TPSA) is 153 Å². The van der Waals surface area contributed by atoms with Crippen LogP contribution in [0, 0.1) is 15.9 Å². The van der Waals surface area contributed by atoms with Crippen LogP contribution in [0.15, 0.2) is 36.7 Å². The van der Waals surface area contributed by atoms with Crippen molar-refractivity contribution in [2.45, 2.75) is 51.8 Å². The highest BCUT2D eigenvalue weighted by Crippen LogP contribution is 2.41. The molecule has 1 fully saturated rings. The van der Waals surface area contributed by atoms with Gasteiger partial charge in [-0.25, -0.2) is 14.0 Å². The molecule has 4 rings (SSSR count). The average molecular weight is 541 g/mol. The number of aromatic nitrogens is 3. The van der Waals surface area contributed by atoms with Gasteiger partial charge in [0.1, 0.15) is 23.3 Å². The van der Waals surface area contributed by atoms with Gasteiger partial charge in [0.05, 0.1) is 23.8 Å². The fourth-order valence-corrected chi connectivity index (χ4v) is 4.65. The Morgan fingerprint density at radius 3 is 2.69 bits per heavy atom. The van der Waals surface area contributed by atoms with Crippen LogP contribution < -0.4 is 10.2 Å². The third kappa shape index (κ3) is 6.30. The Morgan fingerprint density at radius 2 is 2.03 bits per heavy atom. The third-order valence-corrected chi connectivity index (χ3v) is 6.15. The lowest BCUT2D eigenvalue weighted by Crippen LogP contribution is -2.32. The van der Waals surface area contributed by atoms with E-state index in [1.54, 1.807) is 49.7 Å². The summed E-state index contributed by atoms with van der Waals surface area (Å²) in [6, 6.07) is 4.70. The first-order chi connectivity index (χ1) is 18.3. The number of aryl methyl sites for hydroxylation is 1. The number of carboxylic acids is 1. The summed E-state index contributed by atoms with van der Waals surface area (Å²) >= 11 is 0. The van der Waals surface area contributed by atoms with Gasteiger partial charge in [-0.3, -0.25) is 4.68 Å². The number of ether oxygens (including phenoxy) is 1. The maximum atomic E-state index is 14.3. The van der Waals surface area contributed by atoms with Gasteiger partial charge in [-0.1, -0.05) is 0 Å². The van der Waals surface area contributed by atoms with E-state index in [4.69, 9.17) is 4.74 Å². The van der Waals surface area contributed by atoms with Gasteiger partial charge >= 0.3 is 17.9 Å². The third-order valence-electron chi connectivity index (χ3n) is 6.15. The molecular weight excluding hydrogens is 511 g/mol. The molecule has 0 saturated carbocycles. The Morgan fingerprint density at radius 1 is 1.28 bits per heavy atom. The van der Waals surface area contributed by atoms with Crippen LogP contribution in [0.4, 0.5) is 20.7 Å². The van der Waals surface area contributed by atoms with Crippen LogP contribution in [-0.4, -0.2) is 49.0 Å². The molecule has 1 amide bonds. The van der Waals surface area contributed by atoms with Crippen LogP contribution in [0.1, 0.15) is 61.3 Å². The molecule has 3 heterocycles. The Bertz CT molecular complexity index is 1430. The van der Waals surface area contributed by atoms with E-state index in [0.717, 1.165) is 6.07 Å². The molecule has 0 unspecified atom stereocenters. The molecule has 0 bridgehead atoms. The highest BCUT2D eigenvalue weighted by Gasteiger charge is 2.33. The second-order valence-corrected chi connectivity index (χ2v) is 10.3. The molecule has 12 nitrogen and oxygen atoms in total. The number of pyridine rings is 1. The minimum Gasteiger partial charge on any atom is -0.478 e. The van der Waals surface area contributed by atoms with Crippen molar-refractivity contribution in [2.75, 3.05) is 11.4 Å². The number of nitrogens with zero attached hydrogens (tertiary/aromatic N) is 5. The van der Waals surface area contributed by atoms with Crippen LogP contribution >= 0.6 is 0 Å². The Kier molecular flexibility index (Phi) is 7.52. The molecule has 3 aromatic rings. The number of alkyl carbamates (subject to hydrolysis) is 1. The van der Waals surface area contributed by atoms with Gasteiger partial charge in [0.25, 0.3) is 0 Å². The quantitative estimate of drug-likeness (QED) is 0.323. The van der Waals surface area contributed by atoms with Gasteiger partial charge in [-0.15, -0.1) is 0 Å². The normalized spacial score (nSPS) is 15.3.